The number of aromatic nitrogens is 1. The average molecular weight is 319 g/mol. The molecule has 5 nitrogen and oxygen atoms in total. The van der Waals surface area contributed by atoms with Gasteiger partial charge >= 0.3 is 5.97 Å². The zero-order valence-corrected chi connectivity index (χ0v) is 13.4. The van der Waals surface area contributed by atoms with Crippen LogP contribution < -0.4 is 4.74 Å². The van der Waals surface area contributed by atoms with Crippen molar-refractivity contribution in [1.82, 2.24) is 4.98 Å². The number of aromatic carboxylic acids is 1. The van der Waals surface area contributed by atoms with Crippen molar-refractivity contribution in [3.05, 3.63) is 45.4 Å². The van der Waals surface area contributed by atoms with Gasteiger partial charge in [0.2, 0.25) is 5.78 Å². The lowest BCUT2D eigenvalue weighted by molar-refractivity contribution is 0.0701. The summed E-state index contributed by atoms with van der Waals surface area (Å²) in [5.41, 5.74) is 1.38. The molecule has 0 saturated heterocycles. The van der Waals surface area contributed by atoms with Crippen molar-refractivity contribution >= 4 is 23.1 Å². The minimum Gasteiger partial charge on any atom is -0.485 e. The first kappa shape index (κ1) is 16.2. The van der Waals surface area contributed by atoms with Gasteiger partial charge in [-0.15, -0.1) is 11.3 Å². The average Bonchev–Trinajstić information content (AvgIpc) is 2.87. The molecule has 0 saturated carbocycles. The topological polar surface area (TPSA) is 76.5 Å². The van der Waals surface area contributed by atoms with Crippen LogP contribution in [-0.2, 0) is 0 Å². The monoisotopic (exact) mass is 319 g/mol. The van der Waals surface area contributed by atoms with Crippen molar-refractivity contribution in [3.63, 3.8) is 0 Å². The highest BCUT2D eigenvalue weighted by atomic mass is 32.1. The van der Waals surface area contributed by atoms with E-state index in [2.05, 4.69) is 4.98 Å². The maximum absolute atomic E-state index is 12.1. The Bertz CT molecular complexity index is 706. The molecule has 2 rings (SSSR count). The summed E-state index contributed by atoms with van der Waals surface area (Å²) in [4.78, 5) is 27.2. The van der Waals surface area contributed by atoms with Crippen molar-refractivity contribution in [2.24, 2.45) is 0 Å². The third kappa shape index (κ3) is 3.51. The Balaban J connectivity index is 2.11. The largest absolute Gasteiger partial charge is 0.485 e. The molecule has 2 aromatic rings. The molecular formula is C16H17NO4S. The van der Waals surface area contributed by atoms with Gasteiger partial charge < -0.3 is 9.84 Å². The number of rotatable bonds is 6. The Labute approximate surface area is 132 Å². The summed E-state index contributed by atoms with van der Waals surface area (Å²) in [7, 11) is 0. The normalized spacial score (nSPS) is 10.7. The standard InChI is InChI=1S/C16H17NO4S/c1-9(2)11-6-4-5-7-13(11)21-8-12(18)15-17-10(3)14(22-15)16(19)20/h4-7,9H,8H2,1-3H3,(H,19,20). The molecular weight excluding hydrogens is 302 g/mol. The van der Waals surface area contributed by atoms with E-state index in [4.69, 9.17) is 9.84 Å². The van der Waals surface area contributed by atoms with Crippen molar-refractivity contribution in [3.8, 4) is 5.75 Å². The number of nitrogens with zero attached hydrogens (tertiary/aromatic N) is 1. The third-order valence-electron chi connectivity index (χ3n) is 3.13. The van der Waals surface area contributed by atoms with Gasteiger partial charge in [-0.1, -0.05) is 32.0 Å². The lowest BCUT2D eigenvalue weighted by Gasteiger charge is -2.12. The van der Waals surface area contributed by atoms with E-state index in [-0.39, 0.29) is 28.2 Å². The summed E-state index contributed by atoms with van der Waals surface area (Å²) in [6, 6.07) is 7.55. The number of Topliss-reactive ketones (excluding diaryl/α,β-unsaturated/α-hetero) is 1. The lowest BCUT2D eigenvalue weighted by Crippen LogP contribution is -2.12. The molecule has 0 spiro atoms. The molecule has 0 atom stereocenters. The number of hydrogen-bond acceptors (Lipinski definition) is 5. The number of ether oxygens (including phenoxy) is 1. The van der Waals surface area contributed by atoms with Crippen molar-refractivity contribution in [2.75, 3.05) is 6.61 Å². The summed E-state index contributed by atoms with van der Waals surface area (Å²) in [6.07, 6.45) is 0. The quantitative estimate of drug-likeness (QED) is 0.824. The van der Waals surface area contributed by atoms with Gasteiger partial charge in [0.1, 0.15) is 10.6 Å². The van der Waals surface area contributed by atoms with E-state index in [9.17, 15) is 9.59 Å². The first-order valence-electron chi connectivity index (χ1n) is 6.85. The number of hydrogen-bond donors (Lipinski definition) is 1. The summed E-state index contributed by atoms with van der Waals surface area (Å²) in [6.45, 7) is 5.52. The van der Waals surface area contributed by atoms with Gasteiger partial charge in [-0.25, -0.2) is 9.78 Å². The highest BCUT2D eigenvalue weighted by Gasteiger charge is 2.19. The van der Waals surface area contributed by atoms with Crippen molar-refractivity contribution < 1.29 is 19.4 Å². The Hall–Kier alpha value is -2.21. The second kappa shape index (κ2) is 6.70. The van der Waals surface area contributed by atoms with Crippen LogP contribution in [0.4, 0.5) is 0 Å². The zero-order chi connectivity index (χ0) is 16.3. The predicted octanol–water partition coefficient (Wildman–Crippen LogP) is 3.53. The van der Waals surface area contributed by atoms with E-state index in [1.165, 1.54) is 0 Å². The van der Waals surface area contributed by atoms with E-state index in [1.807, 2.05) is 38.1 Å². The minimum absolute atomic E-state index is 0.0888. The van der Waals surface area contributed by atoms with Crippen LogP contribution in [0.15, 0.2) is 24.3 Å². The molecule has 1 heterocycles. The summed E-state index contributed by atoms with van der Waals surface area (Å²) in [5.74, 6) is -0.441. The van der Waals surface area contributed by atoms with Crippen LogP contribution in [0.5, 0.6) is 5.75 Å². The number of carboxylic acids is 1. The van der Waals surface area contributed by atoms with E-state index in [0.717, 1.165) is 16.9 Å². The van der Waals surface area contributed by atoms with Crippen LogP contribution in [0, 0.1) is 6.92 Å². The minimum atomic E-state index is -1.07. The molecule has 0 aliphatic rings. The predicted molar refractivity (Wildman–Crippen MR) is 84.2 cm³/mol. The van der Waals surface area contributed by atoms with Crippen LogP contribution in [0.3, 0.4) is 0 Å². The van der Waals surface area contributed by atoms with Crippen LogP contribution in [0.25, 0.3) is 0 Å². The highest BCUT2D eigenvalue weighted by molar-refractivity contribution is 7.15. The van der Waals surface area contributed by atoms with Gasteiger partial charge in [-0.2, -0.15) is 0 Å². The van der Waals surface area contributed by atoms with E-state index in [1.54, 1.807) is 6.92 Å². The Morgan fingerprint density at radius 1 is 1.32 bits per heavy atom. The van der Waals surface area contributed by atoms with Gasteiger partial charge in [-0.05, 0) is 24.5 Å². The van der Waals surface area contributed by atoms with Crippen molar-refractivity contribution in [1.29, 1.82) is 0 Å². The van der Waals surface area contributed by atoms with Crippen LogP contribution in [0.1, 0.15) is 50.5 Å². The number of carbonyl (C=O) groups is 2. The molecule has 0 aliphatic heterocycles. The summed E-state index contributed by atoms with van der Waals surface area (Å²) < 4.78 is 5.59. The zero-order valence-electron chi connectivity index (χ0n) is 12.6. The molecule has 1 aromatic heterocycles. The van der Waals surface area contributed by atoms with Gasteiger partial charge in [-0.3, -0.25) is 4.79 Å². The summed E-state index contributed by atoms with van der Waals surface area (Å²) >= 11 is 0.881. The Kier molecular flexibility index (Phi) is 4.92. The second-order valence-corrected chi connectivity index (χ2v) is 6.14. The smallest absolute Gasteiger partial charge is 0.347 e. The fourth-order valence-corrected chi connectivity index (χ4v) is 2.84. The third-order valence-corrected chi connectivity index (χ3v) is 4.32. The maximum atomic E-state index is 12.1. The molecule has 1 N–H and O–H groups in total. The molecule has 22 heavy (non-hydrogen) atoms. The molecule has 0 radical (unpaired) electrons. The lowest BCUT2D eigenvalue weighted by atomic mass is 10.0. The number of ketones is 1. The summed E-state index contributed by atoms with van der Waals surface area (Å²) in [5, 5.41) is 9.16. The second-order valence-electron chi connectivity index (χ2n) is 5.14. The molecule has 6 heteroatoms. The molecule has 0 fully saturated rings. The van der Waals surface area contributed by atoms with Gasteiger partial charge in [0.05, 0.1) is 5.69 Å². The number of aryl methyl sites for hydroxylation is 1. The van der Waals surface area contributed by atoms with E-state index in [0.29, 0.717) is 11.4 Å². The van der Waals surface area contributed by atoms with Gasteiger partial charge in [0.15, 0.2) is 11.6 Å². The maximum Gasteiger partial charge on any atom is 0.347 e. The number of para-hydroxylation sites is 1. The van der Waals surface area contributed by atoms with Crippen LogP contribution in [-0.4, -0.2) is 28.4 Å². The molecule has 116 valence electrons. The van der Waals surface area contributed by atoms with Gasteiger partial charge in [0.25, 0.3) is 0 Å². The van der Waals surface area contributed by atoms with E-state index < -0.39 is 5.97 Å². The molecule has 0 bridgehead atoms. The number of thiazole rings is 1. The van der Waals surface area contributed by atoms with E-state index >= 15 is 0 Å². The highest BCUT2D eigenvalue weighted by Crippen LogP contribution is 2.26. The first-order chi connectivity index (χ1) is 10.4. The first-order valence-corrected chi connectivity index (χ1v) is 7.67. The Morgan fingerprint density at radius 3 is 2.59 bits per heavy atom. The molecule has 0 unspecified atom stereocenters. The SMILES string of the molecule is Cc1nc(C(=O)COc2ccccc2C(C)C)sc1C(=O)O. The fourth-order valence-electron chi connectivity index (χ4n) is 2.01. The number of carboxylic acid groups (broad SMARTS) is 1. The van der Waals surface area contributed by atoms with Gasteiger partial charge in [0, 0.05) is 0 Å². The molecule has 1 aromatic carbocycles. The van der Waals surface area contributed by atoms with Crippen molar-refractivity contribution in [2.45, 2.75) is 26.7 Å². The molecule has 0 aliphatic carbocycles. The van der Waals surface area contributed by atoms with Crippen LogP contribution in [0.2, 0.25) is 0 Å². The molecule has 0 amide bonds. The number of carbonyl (C=O) groups excluding carboxylic acids is 1. The van der Waals surface area contributed by atoms with Crippen LogP contribution >= 0.6 is 11.3 Å². The number of benzene rings is 1. The fraction of sp³-hybridized carbons (Fsp3) is 0.312. The Morgan fingerprint density at radius 2 is 2.00 bits per heavy atom.